The first kappa shape index (κ1) is 25.7. The molecule has 2 aromatic rings. The molecule has 0 bridgehead atoms. The van der Waals surface area contributed by atoms with Gasteiger partial charge in [0.15, 0.2) is 0 Å². The SMILES string of the molecule is COc1ccccc1C(=O)NC(C(=O)NCc1ccc(CN2CC(C)OC(C)C2)cc1)C(C)C. The summed E-state index contributed by atoms with van der Waals surface area (Å²) in [6.45, 7) is 11.2. The number of hydrogen-bond acceptors (Lipinski definition) is 5. The molecule has 0 aliphatic carbocycles. The summed E-state index contributed by atoms with van der Waals surface area (Å²) in [4.78, 5) is 28.1. The molecule has 0 aromatic heterocycles. The molecule has 0 spiro atoms. The smallest absolute Gasteiger partial charge is 0.255 e. The van der Waals surface area contributed by atoms with E-state index >= 15 is 0 Å². The van der Waals surface area contributed by atoms with Gasteiger partial charge in [0.05, 0.1) is 24.9 Å². The van der Waals surface area contributed by atoms with E-state index in [9.17, 15) is 9.59 Å². The molecule has 184 valence electrons. The molecule has 1 fully saturated rings. The largest absolute Gasteiger partial charge is 0.496 e. The van der Waals surface area contributed by atoms with E-state index in [0.717, 1.165) is 25.2 Å². The lowest BCUT2D eigenvalue weighted by Gasteiger charge is -2.35. The molecule has 1 heterocycles. The lowest BCUT2D eigenvalue weighted by atomic mass is 10.0. The van der Waals surface area contributed by atoms with Gasteiger partial charge >= 0.3 is 0 Å². The van der Waals surface area contributed by atoms with Crippen molar-refractivity contribution in [3.8, 4) is 5.75 Å². The van der Waals surface area contributed by atoms with Crippen molar-refractivity contribution in [3.63, 3.8) is 0 Å². The molecule has 3 rings (SSSR count). The summed E-state index contributed by atoms with van der Waals surface area (Å²) in [5, 5.41) is 5.82. The monoisotopic (exact) mass is 467 g/mol. The highest BCUT2D eigenvalue weighted by atomic mass is 16.5. The van der Waals surface area contributed by atoms with Gasteiger partial charge in [-0.05, 0) is 43.0 Å². The van der Waals surface area contributed by atoms with E-state index in [0.29, 0.717) is 17.9 Å². The van der Waals surface area contributed by atoms with Crippen LogP contribution in [-0.4, -0.2) is 55.2 Å². The summed E-state index contributed by atoms with van der Waals surface area (Å²) in [7, 11) is 1.52. The zero-order chi connectivity index (χ0) is 24.7. The van der Waals surface area contributed by atoms with Crippen molar-refractivity contribution in [1.82, 2.24) is 15.5 Å². The normalized spacial score (nSPS) is 19.5. The van der Waals surface area contributed by atoms with E-state index in [1.165, 1.54) is 12.7 Å². The van der Waals surface area contributed by atoms with Gasteiger partial charge in [0, 0.05) is 26.2 Å². The number of hydrogen-bond donors (Lipinski definition) is 2. The van der Waals surface area contributed by atoms with Gasteiger partial charge in [0.2, 0.25) is 5.91 Å². The van der Waals surface area contributed by atoms with E-state index in [2.05, 4.69) is 41.5 Å². The number of amides is 2. The van der Waals surface area contributed by atoms with Crippen LogP contribution in [0.15, 0.2) is 48.5 Å². The van der Waals surface area contributed by atoms with Crippen LogP contribution in [0, 0.1) is 5.92 Å². The summed E-state index contributed by atoms with van der Waals surface area (Å²) >= 11 is 0. The fraction of sp³-hybridized carbons (Fsp3) is 0.481. The molecular formula is C27H37N3O4. The molecule has 3 atom stereocenters. The Kier molecular flexibility index (Phi) is 9.07. The topological polar surface area (TPSA) is 79.9 Å². The Labute approximate surface area is 202 Å². The van der Waals surface area contributed by atoms with Gasteiger partial charge in [-0.2, -0.15) is 0 Å². The maximum absolute atomic E-state index is 12.9. The van der Waals surface area contributed by atoms with Crippen molar-refractivity contribution < 1.29 is 19.1 Å². The number of nitrogens with zero attached hydrogens (tertiary/aromatic N) is 1. The van der Waals surface area contributed by atoms with Crippen LogP contribution < -0.4 is 15.4 Å². The predicted octanol–water partition coefficient (Wildman–Crippen LogP) is 3.38. The van der Waals surface area contributed by atoms with Gasteiger partial charge in [0.25, 0.3) is 5.91 Å². The van der Waals surface area contributed by atoms with E-state index < -0.39 is 6.04 Å². The average molecular weight is 468 g/mol. The lowest BCUT2D eigenvalue weighted by Crippen LogP contribution is -2.49. The molecule has 1 aliphatic rings. The van der Waals surface area contributed by atoms with Crippen LogP contribution in [0.2, 0.25) is 0 Å². The zero-order valence-corrected chi connectivity index (χ0v) is 20.8. The number of methoxy groups -OCH3 is 1. The third-order valence-corrected chi connectivity index (χ3v) is 5.98. The van der Waals surface area contributed by atoms with Gasteiger partial charge in [-0.3, -0.25) is 14.5 Å². The van der Waals surface area contributed by atoms with Crippen LogP contribution >= 0.6 is 0 Å². The van der Waals surface area contributed by atoms with Gasteiger partial charge in [0.1, 0.15) is 11.8 Å². The van der Waals surface area contributed by atoms with Crippen LogP contribution in [0.25, 0.3) is 0 Å². The number of rotatable bonds is 9. The van der Waals surface area contributed by atoms with E-state index in [4.69, 9.17) is 9.47 Å². The molecule has 34 heavy (non-hydrogen) atoms. The number of carbonyl (C=O) groups excluding carboxylic acids is 2. The van der Waals surface area contributed by atoms with E-state index in [1.807, 2.05) is 26.0 Å². The number of morpholine rings is 1. The Morgan fingerprint density at radius 1 is 1.03 bits per heavy atom. The van der Waals surface area contributed by atoms with Gasteiger partial charge in [-0.25, -0.2) is 0 Å². The average Bonchev–Trinajstić information content (AvgIpc) is 2.80. The van der Waals surface area contributed by atoms with Crippen molar-refractivity contribution in [2.75, 3.05) is 20.2 Å². The second-order valence-electron chi connectivity index (χ2n) is 9.38. The second kappa shape index (κ2) is 12.0. The number of ether oxygens (including phenoxy) is 2. The maximum atomic E-state index is 12.9. The molecule has 3 unspecified atom stereocenters. The Bertz CT molecular complexity index is 951. The second-order valence-corrected chi connectivity index (χ2v) is 9.38. The fourth-order valence-electron chi connectivity index (χ4n) is 4.32. The predicted molar refractivity (Wildman–Crippen MR) is 133 cm³/mol. The van der Waals surface area contributed by atoms with Crippen LogP contribution in [0.5, 0.6) is 5.75 Å². The molecule has 7 nitrogen and oxygen atoms in total. The van der Waals surface area contributed by atoms with Gasteiger partial charge in [-0.15, -0.1) is 0 Å². The number of carbonyl (C=O) groups is 2. The highest BCUT2D eigenvalue weighted by Gasteiger charge is 2.26. The first-order valence-corrected chi connectivity index (χ1v) is 11.9. The number of para-hydroxylation sites is 1. The van der Waals surface area contributed by atoms with Crippen molar-refractivity contribution in [1.29, 1.82) is 0 Å². The number of benzene rings is 2. The first-order valence-electron chi connectivity index (χ1n) is 11.9. The highest BCUT2D eigenvalue weighted by Crippen LogP contribution is 2.18. The van der Waals surface area contributed by atoms with Crippen molar-refractivity contribution in [2.45, 2.75) is 59.0 Å². The van der Waals surface area contributed by atoms with Crippen LogP contribution in [0.3, 0.4) is 0 Å². The summed E-state index contributed by atoms with van der Waals surface area (Å²) < 4.78 is 11.1. The van der Waals surface area contributed by atoms with Gasteiger partial charge in [-0.1, -0.05) is 50.2 Å². The minimum atomic E-state index is -0.651. The van der Waals surface area contributed by atoms with E-state index in [1.54, 1.807) is 24.3 Å². The van der Waals surface area contributed by atoms with Crippen LogP contribution in [0.4, 0.5) is 0 Å². The van der Waals surface area contributed by atoms with E-state index in [-0.39, 0.29) is 29.9 Å². The molecule has 0 saturated carbocycles. The third-order valence-electron chi connectivity index (χ3n) is 5.98. The van der Waals surface area contributed by atoms with Gasteiger partial charge < -0.3 is 20.1 Å². The molecule has 2 N–H and O–H groups in total. The highest BCUT2D eigenvalue weighted by molar-refractivity contribution is 5.99. The molecular weight excluding hydrogens is 430 g/mol. The Morgan fingerprint density at radius 2 is 1.65 bits per heavy atom. The molecule has 2 aromatic carbocycles. The standard InChI is InChI=1S/C27H37N3O4/c1-18(2)25(29-26(31)23-8-6-7-9-24(23)33-5)27(32)28-14-21-10-12-22(13-11-21)17-30-15-19(3)34-20(4)16-30/h6-13,18-20,25H,14-17H2,1-5H3,(H,28,32)(H,29,31). The van der Waals surface area contributed by atoms with Crippen molar-refractivity contribution >= 4 is 11.8 Å². The first-order chi connectivity index (χ1) is 16.3. The summed E-state index contributed by atoms with van der Waals surface area (Å²) in [5.74, 6) is -0.135. The quantitative estimate of drug-likeness (QED) is 0.591. The Hall–Kier alpha value is -2.90. The van der Waals surface area contributed by atoms with Crippen LogP contribution in [-0.2, 0) is 22.6 Å². The molecule has 7 heteroatoms. The zero-order valence-electron chi connectivity index (χ0n) is 20.8. The summed E-state index contributed by atoms with van der Waals surface area (Å²) in [6.07, 6.45) is 0.492. The fourth-order valence-corrected chi connectivity index (χ4v) is 4.32. The maximum Gasteiger partial charge on any atom is 0.255 e. The summed E-state index contributed by atoms with van der Waals surface area (Å²) in [6, 6.07) is 14.6. The Morgan fingerprint density at radius 3 is 2.26 bits per heavy atom. The molecule has 2 amide bonds. The molecule has 1 aliphatic heterocycles. The minimum absolute atomic E-state index is 0.0701. The third kappa shape index (κ3) is 7.05. The number of nitrogens with one attached hydrogen (secondary N) is 2. The van der Waals surface area contributed by atoms with Crippen molar-refractivity contribution in [3.05, 3.63) is 65.2 Å². The molecule has 1 saturated heterocycles. The molecule has 0 radical (unpaired) electrons. The summed E-state index contributed by atoms with van der Waals surface area (Å²) in [5.41, 5.74) is 2.66. The minimum Gasteiger partial charge on any atom is -0.496 e. The Balaban J connectivity index is 1.55. The van der Waals surface area contributed by atoms with Crippen LogP contribution in [0.1, 0.15) is 49.2 Å². The lowest BCUT2D eigenvalue weighted by molar-refractivity contribution is -0.124. The van der Waals surface area contributed by atoms with Crippen molar-refractivity contribution in [2.24, 2.45) is 5.92 Å².